The predicted octanol–water partition coefficient (Wildman–Crippen LogP) is 2.60. The lowest BCUT2D eigenvalue weighted by Crippen LogP contribution is -2.13. The van der Waals surface area contributed by atoms with E-state index in [0.717, 1.165) is 4.88 Å². The van der Waals surface area contributed by atoms with E-state index in [1.807, 2.05) is 6.92 Å². The molecule has 3 N–H and O–H groups in total. The Bertz CT molecular complexity index is 682. The number of nitrogens with zero attached hydrogens (tertiary/aromatic N) is 1. The first-order valence-corrected chi connectivity index (χ1v) is 7.98. The molecule has 8 heteroatoms. The van der Waals surface area contributed by atoms with Crippen molar-refractivity contribution in [2.24, 2.45) is 0 Å². The van der Waals surface area contributed by atoms with Crippen LogP contribution in [0.15, 0.2) is 33.8 Å². The number of nitrogens with two attached hydrogens (primary N) is 1. The maximum Gasteiger partial charge on any atom is 0.263 e. The van der Waals surface area contributed by atoms with E-state index >= 15 is 0 Å². The van der Waals surface area contributed by atoms with E-state index < -0.39 is 10.0 Å². The van der Waals surface area contributed by atoms with Crippen LogP contribution >= 0.6 is 27.3 Å². The van der Waals surface area contributed by atoms with E-state index in [1.54, 1.807) is 12.3 Å². The molecule has 0 bridgehead atoms. The summed E-state index contributed by atoms with van der Waals surface area (Å²) in [5, 5.41) is 0.342. The summed E-state index contributed by atoms with van der Waals surface area (Å²) < 4.78 is 27.2. The lowest BCUT2D eigenvalue weighted by molar-refractivity contribution is 0.601. The van der Waals surface area contributed by atoms with Gasteiger partial charge in [0.2, 0.25) is 0 Å². The molecule has 0 amide bonds. The first-order valence-electron chi connectivity index (χ1n) is 4.89. The van der Waals surface area contributed by atoms with Crippen LogP contribution in [0.4, 0.5) is 10.8 Å². The third-order valence-corrected chi connectivity index (χ3v) is 5.14. The normalized spacial score (nSPS) is 11.4. The van der Waals surface area contributed by atoms with E-state index in [4.69, 9.17) is 5.73 Å². The van der Waals surface area contributed by atoms with Gasteiger partial charge >= 0.3 is 0 Å². The molecule has 0 spiro atoms. The lowest BCUT2D eigenvalue weighted by atomic mass is 10.3. The van der Waals surface area contributed by atoms with Gasteiger partial charge in [0, 0.05) is 21.2 Å². The maximum atomic E-state index is 12.1. The van der Waals surface area contributed by atoms with Gasteiger partial charge in [0.25, 0.3) is 10.0 Å². The van der Waals surface area contributed by atoms with E-state index in [9.17, 15) is 8.42 Å². The predicted molar refractivity (Wildman–Crippen MR) is 76.2 cm³/mol. The number of sulfonamides is 1. The minimum atomic E-state index is -3.64. The zero-order chi connectivity index (χ0) is 13.3. The third kappa shape index (κ3) is 2.82. The minimum absolute atomic E-state index is 0.107. The molecule has 0 saturated carbocycles. The second kappa shape index (κ2) is 4.87. The van der Waals surface area contributed by atoms with Gasteiger partial charge < -0.3 is 5.73 Å². The summed E-state index contributed by atoms with van der Waals surface area (Å²) >= 11 is 4.49. The van der Waals surface area contributed by atoms with Gasteiger partial charge in [-0.1, -0.05) is 0 Å². The standard InChI is InChI=1S/C10H10BrN3O2S2/c1-6-5-13-10(17-6)14-18(15,16)7-2-3-8(11)9(12)4-7/h2-5H,12H2,1H3,(H,13,14). The molecular weight excluding hydrogens is 338 g/mol. The first kappa shape index (κ1) is 13.3. The number of anilines is 2. The van der Waals surface area contributed by atoms with Gasteiger partial charge in [0.15, 0.2) is 5.13 Å². The van der Waals surface area contributed by atoms with Gasteiger partial charge in [-0.05, 0) is 41.1 Å². The number of halogens is 1. The molecule has 1 aromatic carbocycles. The van der Waals surface area contributed by atoms with Crippen molar-refractivity contribution in [3.63, 3.8) is 0 Å². The zero-order valence-electron chi connectivity index (χ0n) is 9.34. The quantitative estimate of drug-likeness (QED) is 0.835. The van der Waals surface area contributed by atoms with Gasteiger partial charge in [-0.3, -0.25) is 4.72 Å². The van der Waals surface area contributed by atoms with Gasteiger partial charge in [-0.2, -0.15) is 0 Å². The topological polar surface area (TPSA) is 85.1 Å². The van der Waals surface area contributed by atoms with Crippen LogP contribution in [0, 0.1) is 6.92 Å². The highest BCUT2D eigenvalue weighted by atomic mass is 79.9. The number of hydrogen-bond acceptors (Lipinski definition) is 5. The van der Waals surface area contributed by atoms with Crippen LogP contribution < -0.4 is 10.5 Å². The van der Waals surface area contributed by atoms with Gasteiger partial charge in [0.05, 0.1) is 4.90 Å². The number of aromatic nitrogens is 1. The molecule has 0 aliphatic heterocycles. The Morgan fingerprint density at radius 1 is 1.44 bits per heavy atom. The summed E-state index contributed by atoms with van der Waals surface area (Å²) in [6.45, 7) is 1.85. The molecule has 0 atom stereocenters. The van der Waals surface area contributed by atoms with E-state index in [2.05, 4.69) is 25.6 Å². The van der Waals surface area contributed by atoms with E-state index in [0.29, 0.717) is 15.3 Å². The fourth-order valence-corrected chi connectivity index (χ4v) is 3.45. The van der Waals surface area contributed by atoms with Crippen molar-refractivity contribution in [3.05, 3.63) is 33.7 Å². The first-order chi connectivity index (χ1) is 8.38. The Morgan fingerprint density at radius 3 is 2.72 bits per heavy atom. The van der Waals surface area contributed by atoms with Crippen LogP contribution in [0.3, 0.4) is 0 Å². The molecule has 0 unspecified atom stereocenters. The molecule has 0 radical (unpaired) electrons. The Hall–Kier alpha value is -1.12. The van der Waals surface area contributed by atoms with Crippen molar-refractivity contribution < 1.29 is 8.42 Å². The van der Waals surface area contributed by atoms with Crippen LogP contribution in [0.2, 0.25) is 0 Å². The number of nitrogens with one attached hydrogen (secondary N) is 1. The Balaban J connectivity index is 2.33. The molecule has 5 nitrogen and oxygen atoms in total. The summed E-state index contributed by atoms with van der Waals surface area (Å²) in [5.74, 6) is 0. The highest BCUT2D eigenvalue weighted by Gasteiger charge is 2.16. The lowest BCUT2D eigenvalue weighted by Gasteiger charge is -2.06. The SMILES string of the molecule is Cc1cnc(NS(=O)(=O)c2ccc(Br)c(N)c2)s1. The molecule has 0 saturated heterocycles. The van der Waals surface area contributed by atoms with E-state index in [-0.39, 0.29) is 4.90 Å². The molecule has 2 rings (SSSR count). The van der Waals surface area contributed by atoms with Crippen molar-refractivity contribution in [2.75, 3.05) is 10.5 Å². The Kier molecular flexibility index (Phi) is 3.60. The second-order valence-electron chi connectivity index (χ2n) is 3.56. The molecule has 2 aromatic rings. The summed E-state index contributed by atoms with van der Waals surface area (Å²) in [7, 11) is -3.64. The summed E-state index contributed by atoms with van der Waals surface area (Å²) in [5.41, 5.74) is 6.03. The van der Waals surface area contributed by atoms with Crippen LogP contribution in [-0.4, -0.2) is 13.4 Å². The third-order valence-electron chi connectivity index (χ3n) is 2.12. The van der Waals surface area contributed by atoms with Crippen LogP contribution in [0.25, 0.3) is 0 Å². The van der Waals surface area contributed by atoms with Gasteiger partial charge in [-0.15, -0.1) is 11.3 Å². The van der Waals surface area contributed by atoms with Crippen molar-refractivity contribution in [1.82, 2.24) is 4.98 Å². The number of thiazole rings is 1. The van der Waals surface area contributed by atoms with Crippen LogP contribution in [0.1, 0.15) is 4.88 Å². The van der Waals surface area contributed by atoms with Crippen molar-refractivity contribution >= 4 is 48.1 Å². The molecular formula is C10H10BrN3O2S2. The molecule has 0 fully saturated rings. The average molecular weight is 348 g/mol. The van der Waals surface area contributed by atoms with Gasteiger partial charge in [-0.25, -0.2) is 13.4 Å². The molecule has 1 aromatic heterocycles. The summed E-state index contributed by atoms with van der Waals surface area (Å²) in [6.07, 6.45) is 1.61. The molecule has 18 heavy (non-hydrogen) atoms. The Morgan fingerprint density at radius 2 is 2.17 bits per heavy atom. The number of aryl methyl sites for hydroxylation is 1. The van der Waals surface area contributed by atoms with Crippen LogP contribution in [-0.2, 0) is 10.0 Å². The monoisotopic (exact) mass is 347 g/mol. The number of benzene rings is 1. The molecule has 0 aliphatic rings. The van der Waals surface area contributed by atoms with Crippen molar-refractivity contribution in [1.29, 1.82) is 0 Å². The smallest absolute Gasteiger partial charge is 0.263 e. The fraction of sp³-hybridized carbons (Fsp3) is 0.100. The highest BCUT2D eigenvalue weighted by Crippen LogP contribution is 2.25. The highest BCUT2D eigenvalue weighted by molar-refractivity contribution is 9.10. The maximum absolute atomic E-state index is 12.1. The average Bonchev–Trinajstić information content (AvgIpc) is 2.67. The van der Waals surface area contributed by atoms with Crippen molar-refractivity contribution in [3.8, 4) is 0 Å². The molecule has 1 heterocycles. The van der Waals surface area contributed by atoms with Gasteiger partial charge in [0.1, 0.15) is 0 Å². The fourth-order valence-electron chi connectivity index (χ4n) is 1.26. The van der Waals surface area contributed by atoms with Crippen molar-refractivity contribution in [2.45, 2.75) is 11.8 Å². The molecule has 0 aliphatic carbocycles. The zero-order valence-corrected chi connectivity index (χ0v) is 12.6. The van der Waals surface area contributed by atoms with Crippen LogP contribution in [0.5, 0.6) is 0 Å². The number of nitrogen functional groups attached to an aromatic ring is 1. The Labute approximate surface area is 117 Å². The molecule has 96 valence electrons. The second-order valence-corrected chi connectivity index (χ2v) is 7.34. The summed E-state index contributed by atoms with van der Waals surface area (Å²) in [4.78, 5) is 4.99. The minimum Gasteiger partial charge on any atom is -0.398 e. The number of hydrogen-bond donors (Lipinski definition) is 2. The number of rotatable bonds is 3. The summed E-state index contributed by atoms with van der Waals surface area (Å²) in [6, 6.07) is 4.47. The van der Waals surface area contributed by atoms with E-state index in [1.165, 1.54) is 23.5 Å². The largest absolute Gasteiger partial charge is 0.398 e.